The van der Waals surface area contributed by atoms with Gasteiger partial charge >= 0.3 is 0 Å². The largest absolute Gasteiger partial charge is 0.461 e. The second-order valence-electron chi connectivity index (χ2n) is 9.66. The van der Waals surface area contributed by atoms with Crippen LogP contribution in [0, 0.1) is 0 Å². The summed E-state index contributed by atoms with van der Waals surface area (Å²) in [6.45, 7) is 23.1. The molecule has 0 bridgehead atoms. The summed E-state index contributed by atoms with van der Waals surface area (Å²) in [5.41, 5.74) is 6.47. The highest BCUT2D eigenvalue weighted by molar-refractivity contribution is 7.00. The lowest BCUT2D eigenvalue weighted by Gasteiger charge is -2.32. The normalized spacial score (nSPS) is 17.1. The second-order valence-corrected chi connectivity index (χ2v) is 34.7. The third kappa shape index (κ3) is 10.9. The fraction of sp³-hybridized carbons (Fsp3) is 1.00. The fourth-order valence-electron chi connectivity index (χ4n) is 4.06. The van der Waals surface area contributed by atoms with E-state index in [1.807, 2.05) is 0 Å². The molecule has 2 atom stereocenters. The molecule has 0 aliphatic rings. The van der Waals surface area contributed by atoms with Gasteiger partial charge in [0.05, 0.1) is 0 Å². The van der Waals surface area contributed by atoms with E-state index in [2.05, 4.69) is 58.9 Å². The van der Waals surface area contributed by atoms with Gasteiger partial charge in [0.15, 0.2) is 18.8 Å². The summed E-state index contributed by atoms with van der Waals surface area (Å²) in [6.07, 6.45) is 0. The van der Waals surface area contributed by atoms with Crippen molar-refractivity contribution in [3.05, 3.63) is 0 Å². The minimum atomic E-state index is -1.30. The van der Waals surface area contributed by atoms with Gasteiger partial charge in [-0.1, -0.05) is 62.8 Å². The molecule has 0 N–H and O–H groups in total. The highest BCUT2D eigenvalue weighted by Gasteiger charge is 2.31. The van der Waals surface area contributed by atoms with Crippen molar-refractivity contribution in [2.24, 2.45) is 0 Å². The van der Waals surface area contributed by atoms with E-state index in [1.165, 1.54) is 5.67 Å². The maximum absolute atomic E-state index is 5.80. The molecule has 0 saturated heterocycles. The summed E-state index contributed by atoms with van der Waals surface area (Å²) < 4.78 is 5.80. The van der Waals surface area contributed by atoms with Crippen LogP contribution in [0.5, 0.6) is 0 Å². The van der Waals surface area contributed by atoms with Crippen molar-refractivity contribution < 1.29 is 4.12 Å². The Hall–Kier alpha value is 1.26. The molecule has 0 aromatic heterocycles. The maximum atomic E-state index is 5.80. The first kappa shape index (κ1) is 21.3. The molecule has 0 spiro atoms. The monoisotopic (exact) mass is 379 g/mol. The van der Waals surface area contributed by atoms with Crippen LogP contribution in [-0.2, 0) is 4.12 Å². The van der Waals surface area contributed by atoms with Crippen molar-refractivity contribution in [3.8, 4) is 0 Å². The summed E-state index contributed by atoms with van der Waals surface area (Å²) in [6, 6.07) is 0. The van der Waals surface area contributed by atoms with Gasteiger partial charge in [-0.05, 0) is 18.8 Å². The highest BCUT2D eigenvalue weighted by atomic mass is 28.4. The predicted molar refractivity (Wildman–Crippen MR) is 113 cm³/mol. The van der Waals surface area contributed by atoms with Crippen molar-refractivity contribution in [2.45, 2.75) is 81.6 Å². The predicted octanol–water partition coefficient (Wildman–Crippen LogP) is 3.67. The average Bonchev–Trinajstić information content (AvgIpc) is 2.10. The van der Waals surface area contributed by atoms with E-state index in [4.69, 9.17) is 4.12 Å². The van der Waals surface area contributed by atoms with Crippen molar-refractivity contribution in [1.29, 1.82) is 0 Å². The van der Waals surface area contributed by atoms with Gasteiger partial charge < -0.3 is 4.12 Å². The number of hydrogen-bond donors (Lipinski definition) is 0. The van der Waals surface area contributed by atoms with Gasteiger partial charge in [0.25, 0.3) is 0 Å². The van der Waals surface area contributed by atoms with Gasteiger partial charge in [0.1, 0.15) is 0 Å². The lowest BCUT2D eigenvalue weighted by molar-refractivity contribution is 0.616. The molecule has 0 saturated carbocycles. The molecule has 0 aromatic rings. The first-order valence-electron chi connectivity index (χ1n) is 8.19. The van der Waals surface area contributed by atoms with E-state index in [0.717, 1.165) is 0 Å². The zero-order valence-electron chi connectivity index (χ0n) is 15.6. The van der Waals surface area contributed by atoms with Crippen LogP contribution in [0.25, 0.3) is 0 Å². The Kier molecular flexibility index (Phi) is 8.73. The molecular weight excluding hydrogens is 341 g/mol. The zero-order valence-corrected chi connectivity index (χ0v) is 22.3. The molecule has 20 heavy (non-hydrogen) atoms. The van der Waals surface area contributed by atoms with E-state index in [-0.39, 0.29) is 0 Å². The van der Waals surface area contributed by atoms with E-state index < -0.39 is 42.1 Å². The molecule has 2 unspecified atom stereocenters. The van der Waals surface area contributed by atoms with Crippen molar-refractivity contribution in [1.82, 2.24) is 0 Å². The van der Waals surface area contributed by atoms with Crippen LogP contribution in [0.2, 0.25) is 81.6 Å². The summed E-state index contributed by atoms with van der Waals surface area (Å²) in [5, 5.41) is 0. The summed E-state index contributed by atoms with van der Waals surface area (Å²) in [5.74, 6) is 0. The Morgan fingerprint density at radius 3 is 1.50 bits per heavy atom. The zero-order chi connectivity index (χ0) is 16.2. The highest BCUT2D eigenvalue weighted by Crippen LogP contribution is 2.25. The molecule has 121 valence electrons. The van der Waals surface area contributed by atoms with Crippen LogP contribution in [0.1, 0.15) is 0 Å². The van der Waals surface area contributed by atoms with Crippen LogP contribution in [0.15, 0.2) is 0 Å². The van der Waals surface area contributed by atoms with Gasteiger partial charge in [-0.15, -0.1) is 0 Å². The first-order chi connectivity index (χ1) is 8.76. The molecule has 0 rings (SSSR count). The van der Waals surface area contributed by atoms with Gasteiger partial charge in [-0.2, -0.15) is 0 Å². The van der Waals surface area contributed by atoms with Gasteiger partial charge in [-0.3, -0.25) is 0 Å². The Morgan fingerprint density at radius 1 is 0.750 bits per heavy atom. The Labute approximate surface area is 138 Å². The minimum absolute atomic E-state index is 0.444. The Morgan fingerprint density at radius 2 is 1.15 bits per heavy atom. The average molecular weight is 380 g/mol. The van der Waals surface area contributed by atoms with Crippen LogP contribution in [0.3, 0.4) is 0 Å². The molecular formula is C13H39OSi6. The van der Waals surface area contributed by atoms with E-state index >= 15 is 0 Å². The van der Waals surface area contributed by atoms with Crippen LogP contribution in [-0.4, -0.2) is 52.5 Å². The molecule has 0 aromatic carbocycles. The van der Waals surface area contributed by atoms with Gasteiger partial charge in [0, 0.05) is 33.7 Å². The van der Waals surface area contributed by atoms with Gasteiger partial charge in [0.2, 0.25) is 0 Å². The minimum Gasteiger partial charge on any atom is -0.461 e. The smallest absolute Gasteiger partial charge is 0.169 e. The number of rotatable bonds is 9. The molecule has 1 nitrogen and oxygen atoms in total. The number of hydrogen-bond acceptors (Lipinski definition) is 1. The molecule has 0 fully saturated rings. The van der Waals surface area contributed by atoms with Crippen molar-refractivity contribution in [2.75, 3.05) is 0 Å². The topological polar surface area (TPSA) is 9.23 Å². The second kappa shape index (κ2) is 8.21. The quantitative estimate of drug-likeness (QED) is 0.555. The molecule has 0 amide bonds. The summed E-state index contributed by atoms with van der Waals surface area (Å²) in [7, 11) is -2.31. The van der Waals surface area contributed by atoms with Gasteiger partial charge in [-0.25, -0.2) is 0 Å². The third-order valence-corrected chi connectivity index (χ3v) is 35.9. The van der Waals surface area contributed by atoms with Crippen LogP contribution >= 0.6 is 0 Å². The van der Waals surface area contributed by atoms with E-state index in [0.29, 0.717) is 0 Å². The molecule has 1 radical (unpaired) electrons. The molecule has 0 aliphatic carbocycles. The van der Waals surface area contributed by atoms with Crippen molar-refractivity contribution >= 4 is 52.5 Å². The Bertz CT molecular complexity index is 287. The fourth-order valence-corrected chi connectivity index (χ4v) is 41.7. The van der Waals surface area contributed by atoms with E-state index in [1.54, 1.807) is 27.5 Å². The van der Waals surface area contributed by atoms with Crippen molar-refractivity contribution in [3.63, 3.8) is 0 Å². The lowest BCUT2D eigenvalue weighted by Crippen LogP contribution is -2.42. The molecule has 7 heteroatoms. The van der Waals surface area contributed by atoms with Crippen LogP contribution in [0.4, 0.5) is 0 Å². The lowest BCUT2D eigenvalue weighted by atomic mass is 11.7. The maximum Gasteiger partial charge on any atom is 0.169 e. The Balaban J connectivity index is 4.37. The standard InChI is InChI=1S/C13H39OSi6/c1-16(10-18(3,4)5)11-19(6,7)12-17(2)13-20(8,9)14-15/h16-17H,10-13,15H2,1-9H3. The molecule has 0 heterocycles. The first-order valence-corrected chi connectivity index (χ1v) is 24.6. The SMILES string of the molecule is C[SiH](C[Si](C)(C)C)C[Si](C)(C)C[SiH](C)C[Si](C)(C)O[SiH2]. The third-order valence-electron chi connectivity index (χ3n) is 3.99. The summed E-state index contributed by atoms with van der Waals surface area (Å²) in [4.78, 5) is 0. The van der Waals surface area contributed by atoms with E-state index in [9.17, 15) is 0 Å². The molecule has 0 aliphatic heterocycles. The summed E-state index contributed by atoms with van der Waals surface area (Å²) >= 11 is 0. The van der Waals surface area contributed by atoms with Crippen LogP contribution < -0.4 is 0 Å².